The van der Waals surface area contributed by atoms with Gasteiger partial charge in [-0.1, -0.05) is 42.5 Å². The summed E-state index contributed by atoms with van der Waals surface area (Å²) >= 11 is 0. The summed E-state index contributed by atoms with van der Waals surface area (Å²) in [5, 5.41) is 21.7. The van der Waals surface area contributed by atoms with Crippen molar-refractivity contribution in [3.8, 4) is 0 Å². The molecule has 1 atom stereocenters. The largest absolute Gasteiger partial charge is 0.388 e. The fraction of sp³-hybridized carbons (Fsp3) is 0.429. The Labute approximate surface area is 154 Å². The highest BCUT2D eigenvalue weighted by Crippen LogP contribution is 2.25. The van der Waals surface area contributed by atoms with Crippen molar-refractivity contribution >= 4 is 10.8 Å². The van der Waals surface area contributed by atoms with Crippen molar-refractivity contribution < 1.29 is 5.11 Å². The minimum Gasteiger partial charge on any atom is -0.388 e. The topological polar surface area (TPSA) is 54.2 Å². The van der Waals surface area contributed by atoms with Crippen LogP contribution in [0.3, 0.4) is 0 Å². The minimum absolute atomic E-state index is 0.565. The van der Waals surface area contributed by atoms with Crippen LogP contribution < -0.4 is 0 Å². The zero-order valence-corrected chi connectivity index (χ0v) is 15.3. The van der Waals surface area contributed by atoms with E-state index in [4.69, 9.17) is 0 Å². The van der Waals surface area contributed by atoms with Gasteiger partial charge in [0, 0.05) is 26.6 Å². The second kappa shape index (κ2) is 7.17. The molecule has 1 N–H and O–H groups in total. The molecule has 0 saturated carbocycles. The summed E-state index contributed by atoms with van der Waals surface area (Å²) in [6.45, 7) is 2.72. The quantitative estimate of drug-likeness (QED) is 0.768. The van der Waals surface area contributed by atoms with Gasteiger partial charge in [-0.25, -0.2) is 0 Å². The van der Waals surface area contributed by atoms with Crippen LogP contribution in [0.5, 0.6) is 0 Å². The predicted octanol–water partition coefficient (Wildman–Crippen LogP) is 2.58. The Bertz CT molecular complexity index is 890. The summed E-state index contributed by atoms with van der Waals surface area (Å²) in [7, 11) is 1.93. The van der Waals surface area contributed by atoms with Crippen LogP contribution >= 0.6 is 0 Å². The molecule has 4 rings (SSSR count). The Balaban J connectivity index is 1.39. The molecule has 0 spiro atoms. The molecule has 2 heterocycles. The molecule has 0 aliphatic carbocycles. The second-order valence-electron chi connectivity index (χ2n) is 7.57. The highest BCUT2D eigenvalue weighted by molar-refractivity contribution is 5.82. The highest BCUT2D eigenvalue weighted by atomic mass is 16.3. The number of aryl methyl sites for hydroxylation is 1. The zero-order valence-electron chi connectivity index (χ0n) is 15.3. The number of aromatic nitrogens is 3. The van der Waals surface area contributed by atoms with Gasteiger partial charge in [0.15, 0.2) is 0 Å². The molecule has 2 aromatic carbocycles. The monoisotopic (exact) mass is 350 g/mol. The molecule has 1 aromatic heterocycles. The fourth-order valence-electron chi connectivity index (χ4n) is 3.98. The summed E-state index contributed by atoms with van der Waals surface area (Å²) in [5.41, 5.74) is 0.647. The lowest BCUT2D eigenvalue weighted by molar-refractivity contribution is -0.0316. The van der Waals surface area contributed by atoms with Crippen LogP contribution in [0.1, 0.15) is 24.2 Å². The summed E-state index contributed by atoms with van der Waals surface area (Å²) < 4.78 is 1.89. The number of rotatable bonds is 5. The fourth-order valence-corrected chi connectivity index (χ4v) is 3.98. The van der Waals surface area contributed by atoms with Gasteiger partial charge >= 0.3 is 0 Å². The molecule has 0 bridgehead atoms. The molecule has 1 fully saturated rings. The average Bonchev–Trinajstić information content (AvgIpc) is 3.04. The number of nitrogens with zero attached hydrogens (tertiary/aromatic N) is 4. The van der Waals surface area contributed by atoms with Crippen molar-refractivity contribution in [1.82, 2.24) is 19.7 Å². The molecule has 0 amide bonds. The maximum absolute atomic E-state index is 11.1. The smallest absolute Gasteiger partial charge is 0.135 e. The van der Waals surface area contributed by atoms with Crippen molar-refractivity contribution in [2.75, 3.05) is 19.6 Å². The van der Waals surface area contributed by atoms with E-state index in [9.17, 15) is 5.11 Å². The van der Waals surface area contributed by atoms with Crippen LogP contribution in [0.2, 0.25) is 0 Å². The van der Waals surface area contributed by atoms with Gasteiger partial charge in [-0.05, 0) is 42.1 Å². The number of piperidine rings is 1. The number of hydrogen-bond donors (Lipinski definition) is 1. The van der Waals surface area contributed by atoms with Gasteiger partial charge in [0.1, 0.15) is 12.2 Å². The summed E-state index contributed by atoms with van der Waals surface area (Å²) in [4.78, 5) is 2.38. The Morgan fingerprint density at radius 3 is 2.81 bits per heavy atom. The first-order valence-electron chi connectivity index (χ1n) is 9.37. The van der Waals surface area contributed by atoms with Crippen molar-refractivity contribution in [2.24, 2.45) is 7.05 Å². The molecule has 1 unspecified atom stereocenters. The molecule has 1 aliphatic rings. The number of aliphatic hydroxyl groups is 1. The normalized spacial score (nSPS) is 21.3. The Morgan fingerprint density at radius 2 is 2.00 bits per heavy atom. The third-order valence-electron chi connectivity index (χ3n) is 5.46. The van der Waals surface area contributed by atoms with Gasteiger partial charge in [0.2, 0.25) is 0 Å². The van der Waals surface area contributed by atoms with Crippen LogP contribution in [-0.2, 0) is 19.9 Å². The summed E-state index contributed by atoms with van der Waals surface area (Å²) in [6, 6.07) is 15.2. The standard InChI is InChI=1S/C21H26N4O/c1-24-16-22-23-20(24)14-21(26)10-4-11-25(15-21)12-9-17-7-8-18-5-2-3-6-19(18)13-17/h2-3,5-8,13,16,26H,4,9-12,14-15H2,1H3. The molecule has 5 heteroatoms. The molecule has 1 aliphatic heterocycles. The highest BCUT2D eigenvalue weighted by Gasteiger charge is 2.34. The molecule has 1 saturated heterocycles. The van der Waals surface area contributed by atoms with Gasteiger partial charge in [-0.3, -0.25) is 0 Å². The first kappa shape index (κ1) is 17.2. The minimum atomic E-state index is -0.706. The van der Waals surface area contributed by atoms with Gasteiger partial charge in [0.05, 0.1) is 5.60 Å². The SMILES string of the molecule is Cn1cnnc1CC1(O)CCCN(CCc2ccc3ccccc3c2)C1. The van der Waals surface area contributed by atoms with Crippen LogP contribution in [0, 0.1) is 0 Å². The van der Waals surface area contributed by atoms with Crippen LogP contribution in [0.15, 0.2) is 48.8 Å². The van der Waals surface area contributed by atoms with Crippen LogP contribution in [0.25, 0.3) is 10.8 Å². The van der Waals surface area contributed by atoms with Crippen molar-refractivity contribution in [1.29, 1.82) is 0 Å². The first-order chi connectivity index (χ1) is 12.6. The molecule has 3 aromatic rings. The predicted molar refractivity (Wildman–Crippen MR) is 103 cm³/mol. The number of β-amino-alcohol motifs (C(OH)–C–C–N with tert-alkyl or cyclic N) is 1. The molecule has 26 heavy (non-hydrogen) atoms. The van der Waals surface area contributed by atoms with E-state index in [1.807, 2.05) is 11.6 Å². The lowest BCUT2D eigenvalue weighted by Crippen LogP contribution is -2.50. The van der Waals surface area contributed by atoms with Crippen LogP contribution in [0.4, 0.5) is 0 Å². The molecule has 0 radical (unpaired) electrons. The summed E-state index contributed by atoms with van der Waals surface area (Å²) in [5.74, 6) is 0.851. The zero-order chi connectivity index (χ0) is 18.0. The number of fused-ring (bicyclic) bond motifs is 1. The maximum Gasteiger partial charge on any atom is 0.135 e. The molecule has 136 valence electrons. The lowest BCUT2D eigenvalue weighted by atomic mass is 9.89. The van der Waals surface area contributed by atoms with E-state index in [1.165, 1.54) is 16.3 Å². The van der Waals surface area contributed by atoms with Crippen molar-refractivity contribution in [3.05, 3.63) is 60.2 Å². The van der Waals surface area contributed by atoms with E-state index in [1.54, 1.807) is 6.33 Å². The van der Waals surface area contributed by atoms with Crippen molar-refractivity contribution in [2.45, 2.75) is 31.3 Å². The first-order valence-corrected chi connectivity index (χ1v) is 9.37. The van der Waals surface area contributed by atoms with Crippen molar-refractivity contribution in [3.63, 3.8) is 0 Å². The van der Waals surface area contributed by atoms with Crippen LogP contribution in [-0.4, -0.2) is 50.0 Å². The Kier molecular flexibility index (Phi) is 4.74. The van der Waals surface area contributed by atoms with E-state index in [0.29, 0.717) is 13.0 Å². The third-order valence-corrected chi connectivity index (χ3v) is 5.46. The Morgan fingerprint density at radius 1 is 1.15 bits per heavy atom. The molecular weight excluding hydrogens is 324 g/mol. The number of benzene rings is 2. The van der Waals surface area contributed by atoms with E-state index in [-0.39, 0.29) is 0 Å². The third kappa shape index (κ3) is 3.79. The maximum atomic E-state index is 11.1. The van der Waals surface area contributed by atoms with E-state index in [0.717, 1.165) is 38.2 Å². The number of hydrogen-bond acceptors (Lipinski definition) is 4. The second-order valence-corrected chi connectivity index (χ2v) is 7.57. The molecule has 5 nitrogen and oxygen atoms in total. The lowest BCUT2D eigenvalue weighted by Gasteiger charge is -2.39. The van der Waals surface area contributed by atoms with Gasteiger partial charge < -0.3 is 14.6 Å². The van der Waals surface area contributed by atoms with Gasteiger partial charge in [-0.2, -0.15) is 0 Å². The molecular formula is C21H26N4O. The van der Waals surface area contributed by atoms with Gasteiger partial charge in [0.25, 0.3) is 0 Å². The van der Waals surface area contributed by atoms with Gasteiger partial charge in [-0.15, -0.1) is 10.2 Å². The van der Waals surface area contributed by atoms with E-state index < -0.39 is 5.60 Å². The van der Waals surface area contributed by atoms with E-state index >= 15 is 0 Å². The average molecular weight is 350 g/mol. The Hall–Kier alpha value is -2.24. The summed E-state index contributed by atoms with van der Waals surface area (Å²) in [6.07, 6.45) is 5.11. The number of likely N-dealkylation sites (tertiary alicyclic amines) is 1. The van der Waals surface area contributed by atoms with E-state index in [2.05, 4.69) is 57.6 Å².